The van der Waals surface area contributed by atoms with E-state index < -0.39 is 28.4 Å². The second-order valence-corrected chi connectivity index (χ2v) is 9.08. The van der Waals surface area contributed by atoms with Crippen LogP contribution in [0, 0.1) is 6.92 Å². The highest BCUT2D eigenvalue weighted by Gasteiger charge is 2.15. The topological polar surface area (TPSA) is 114 Å². The summed E-state index contributed by atoms with van der Waals surface area (Å²) in [6.45, 7) is 1.39. The van der Waals surface area contributed by atoms with E-state index in [1.165, 1.54) is 29.7 Å². The lowest BCUT2D eigenvalue weighted by Crippen LogP contribution is -2.34. The molecule has 2 aromatic carbocycles. The van der Waals surface area contributed by atoms with Gasteiger partial charge in [0.25, 0.3) is 5.91 Å². The van der Waals surface area contributed by atoms with E-state index in [1.54, 1.807) is 53.9 Å². The standard InChI is InChI=1S/C21H19N3O5S2/c1-15-4-10-18(11-5-15)31(27,28)23-14-20(25)24-22-13-16-6-8-17(9-7-16)29-21(26)19-3-2-12-30-19/h2-13,23H,14H2,1H3,(H,24,25)/b22-13+. The Kier molecular flexibility index (Phi) is 7.29. The highest BCUT2D eigenvalue weighted by Crippen LogP contribution is 2.16. The fourth-order valence-electron chi connectivity index (χ4n) is 2.35. The van der Waals surface area contributed by atoms with Crippen molar-refractivity contribution in [1.82, 2.24) is 10.1 Å². The average molecular weight is 458 g/mol. The Bertz CT molecular complexity index is 1170. The van der Waals surface area contributed by atoms with Gasteiger partial charge in [0, 0.05) is 0 Å². The first-order valence-corrected chi connectivity index (χ1v) is 11.4. The third-order valence-corrected chi connectivity index (χ3v) is 6.24. The molecule has 160 valence electrons. The number of aryl methyl sites for hydroxylation is 1. The molecule has 1 heterocycles. The summed E-state index contributed by atoms with van der Waals surface area (Å²) in [5, 5.41) is 5.58. The Hall–Kier alpha value is -3.34. The van der Waals surface area contributed by atoms with E-state index in [4.69, 9.17) is 4.74 Å². The molecule has 8 nitrogen and oxygen atoms in total. The fraction of sp³-hybridized carbons (Fsp3) is 0.0952. The maximum absolute atomic E-state index is 12.2. The molecule has 0 atom stereocenters. The van der Waals surface area contributed by atoms with Gasteiger partial charge in [-0.15, -0.1) is 11.3 Å². The molecule has 1 aromatic heterocycles. The highest BCUT2D eigenvalue weighted by molar-refractivity contribution is 7.89. The number of sulfonamides is 1. The number of thiophene rings is 1. The quantitative estimate of drug-likeness (QED) is 0.234. The van der Waals surface area contributed by atoms with Crippen molar-refractivity contribution in [2.75, 3.05) is 6.54 Å². The molecule has 31 heavy (non-hydrogen) atoms. The van der Waals surface area contributed by atoms with Crippen molar-refractivity contribution in [1.29, 1.82) is 0 Å². The molecule has 0 saturated carbocycles. The van der Waals surface area contributed by atoms with E-state index in [2.05, 4.69) is 15.2 Å². The zero-order valence-electron chi connectivity index (χ0n) is 16.4. The second kappa shape index (κ2) is 10.1. The van der Waals surface area contributed by atoms with Crippen LogP contribution in [0.4, 0.5) is 0 Å². The van der Waals surface area contributed by atoms with Crippen LogP contribution in [0.2, 0.25) is 0 Å². The molecule has 0 aliphatic heterocycles. The minimum atomic E-state index is -3.78. The summed E-state index contributed by atoms with van der Waals surface area (Å²) in [7, 11) is -3.78. The van der Waals surface area contributed by atoms with Crippen molar-refractivity contribution in [3.63, 3.8) is 0 Å². The van der Waals surface area contributed by atoms with Gasteiger partial charge in [-0.05, 0) is 60.3 Å². The van der Waals surface area contributed by atoms with Crippen LogP contribution in [0.25, 0.3) is 0 Å². The van der Waals surface area contributed by atoms with E-state index in [-0.39, 0.29) is 4.90 Å². The first-order chi connectivity index (χ1) is 14.8. The predicted octanol–water partition coefficient (Wildman–Crippen LogP) is 2.70. The third-order valence-electron chi connectivity index (χ3n) is 3.97. The molecular formula is C21H19N3O5S2. The van der Waals surface area contributed by atoms with Crippen molar-refractivity contribution >= 4 is 39.5 Å². The van der Waals surface area contributed by atoms with Crippen molar-refractivity contribution in [3.8, 4) is 5.75 Å². The monoisotopic (exact) mass is 457 g/mol. The lowest BCUT2D eigenvalue weighted by atomic mass is 10.2. The maximum Gasteiger partial charge on any atom is 0.353 e. The molecule has 3 aromatic rings. The normalized spacial score (nSPS) is 11.4. The van der Waals surface area contributed by atoms with Crippen LogP contribution < -0.4 is 14.9 Å². The molecule has 0 unspecified atom stereocenters. The summed E-state index contributed by atoms with van der Waals surface area (Å²) in [4.78, 5) is 24.3. The Morgan fingerprint density at radius 1 is 1.06 bits per heavy atom. The Labute approximate surface area is 183 Å². The highest BCUT2D eigenvalue weighted by atomic mass is 32.2. The molecule has 0 aliphatic rings. The molecule has 0 radical (unpaired) electrons. The first kappa shape index (κ1) is 22.3. The summed E-state index contributed by atoms with van der Waals surface area (Å²) >= 11 is 1.29. The SMILES string of the molecule is Cc1ccc(S(=O)(=O)NCC(=O)N/N=C/c2ccc(OC(=O)c3cccs3)cc2)cc1. The number of carbonyl (C=O) groups is 2. The summed E-state index contributed by atoms with van der Waals surface area (Å²) in [6, 6.07) is 16.2. The number of hydrazone groups is 1. The number of hydrogen-bond donors (Lipinski definition) is 2. The van der Waals surface area contributed by atoms with Gasteiger partial charge in [0.1, 0.15) is 10.6 Å². The molecule has 0 saturated heterocycles. The molecule has 0 spiro atoms. The molecule has 3 rings (SSSR count). The number of hydrogen-bond acceptors (Lipinski definition) is 7. The zero-order chi connectivity index (χ0) is 22.3. The molecule has 0 bridgehead atoms. The maximum atomic E-state index is 12.2. The van der Waals surface area contributed by atoms with Crippen LogP contribution in [0.15, 0.2) is 76.0 Å². The molecule has 10 heteroatoms. The number of rotatable bonds is 8. The molecule has 1 amide bonds. The van der Waals surface area contributed by atoms with Gasteiger partial charge in [-0.25, -0.2) is 23.4 Å². The van der Waals surface area contributed by atoms with Gasteiger partial charge in [-0.2, -0.15) is 5.10 Å². The van der Waals surface area contributed by atoms with Gasteiger partial charge in [0.05, 0.1) is 17.7 Å². The molecule has 0 fully saturated rings. The van der Waals surface area contributed by atoms with E-state index in [9.17, 15) is 18.0 Å². The summed E-state index contributed by atoms with van der Waals surface area (Å²) in [6.07, 6.45) is 1.39. The van der Waals surface area contributed by atoms with Crippen LogP contribution in [-0.4, -0.2) is 33.1 Å². The van der Waals surface area contributed by atoms with Crippen LogP contribution in [0.5, 0.6) is 5.75 Å². The number of carbonyl (C=O) groups excluding carboxylic acids is 2. The van der Waals surface area contributed by atoms with Gasteiger partial charge < -0.3 is 4.74 Å². The lowest BCUT2D eigenvalue weighted by Gasteiger charge is -2.06. The smallest absolute Gasteiger partial charge is 0.353 e. The van der Waals surface area contributed by atoms with Gasteiger partial charge >= 0.3 is 5.97 Å². The van der Waals surface area contributed by atoms with Gasteiger partial charge in [0.15, 0.2) is 0 Å². The number of nitrogens with one attached hydrogen (secondary N) is 2. The summed E-state index contributed by atoms with van der Waals surface area (Å²) < 4.78 is 31.8. The van der Waals surface area contributed by atoms with Crippen molar-refractivity contribution in [2.24, 2.45) is 5.10 Å². The van der Waals surface area contributed by atoms with Gasteiger partial charge in [-0.1, -0.05) is 23.8 Å². The van der Waals surface area contributed by atoms with Crippen molar-refractivity contribution in [2.45, 2.75) is 11.8 Å². The summed E-state index contributed by atoms with van der Waals surface area (Å²) in [5.41, 5.74) is 3.83. The summed E-state index contributed by atoms with van der Waals surface area (Å²) in [5.74, 6) is -0.671. The van der Waals surface area contributed by atoms with Crippen LogP contribution in [0.1, 0.15) is 20.8 Å². The number of benzene rings is 2. The number of nitrogens with zero attached hydrogens (tertiary/aromatic N) is 1. The average Bonchev–Trinajstić information content (AvgIpc) is 3.29. The Balaban J connectivity index is 1.47. The largest absolute Gasteiger partial charge is 0.422 e. The Morgan fingerprint density at radius 2 is 1.77 bits per heavy atom. The molecule has 2 N–H and O–H groups in total. The van der Waals surface area contributed by atoms with Crippen LogP contribution in [0.3, 0.4) is 0 Å². The van der Waals surface area contributed by atoms with E-state index >= 15 is 0 Å². The van der Waals surface area contributed by atoms with Gasteiger partial charge in [-0.3, -0.25) is 4.79 Å². The minimum absolute atomic E-state index is 0.0780. The zero-order valence-corrected chi connectivity index (χ0v) is 18.1. The van der Waals surface area contributed by atoms with Crippen molar-refractivity contribution < 1.29 is 22.7 Å². The lowest BCUT2D eigenvalue weighted by molar-refractivity contribution is -0.119. The molecule has 0 aliphatic carbocycles. The second-order valence-electron chi connectivity index (χ2n) is 6.37. The van der Waals surface area contributed by atoms with E-state index in [1.807, 2.05) is 6.92 Å². The Morgan fingerprint density at radius 3 is 2.42 bits per heavy atom. The number of amides is 1. The van der Waals surface area contributed by atoms with Crippen LogP contribution in [-0.2, 0) is 14.8 Å². The third kappa shape index (κ3) is 6.57. The van der Waals surface area contributed by atoms with Crippen LogP contribution >= 0.6 is 11.3 Å². The minimum Gasteiger partial charge on any atom is -0.422 e. The van der Waals surface area contributed by atoms with E-state index in [0.29, 0.717) is 16.2 Å². The predicted molar refractivity (Wildman–Crippen MR) is 118 cm³/mol. The van der Waals surface area contributed by atoms with Gasteiger partial charge in [0.2, 0.25) is 10.0 Å². The van der Waals surface area contributed by atoms with E-state index in [0.717, 1.165) is 5.56 Å². The number of ether oxygens (including phenoxy) is 1. The van der Waals surface area contributed by atoms with Crippen molar-refractivity contribution in [3.05, 3.63) is 82.0 Å². The number of esters is 1. The first-order valence-electron chi connectivity index (χ1n) is 9.07. The fourth-order valence-corrected chi connectivity index (χ4v) is 3.93. The molecular weight excluding hydrogens is 438 g/mol.